The van der Waals surface area contributed by atoms with Crippen molar-refractivity contribution in [2.24, 2.45) is 0 Å². The van der Waals surface area contributed by atoms with E-state index in [0.29, 0.717) is 30.4 Å². The summed E-state index contributed by atoms with van der Waals surface area (Å²) < 4.78 is 5.30. The number of benzene rings is 1. The lowest BCUT2D eigenvalue weighted by Gasteiger charge is -2.19. The Bertz CT molecular complexity index is 840. The molecule has 1 aromatic carbocycles. The van der Waals surface area contributed by atoms with E-state index >= 15 is 0 Å². The Kier molecular flexibility index (Phi) is 4.76. The van der Waals surface area contributed by atoms with Crippen LogP contribution in [-0.4, -0.2) is 27.5 Å². The second kappa shape index (κ2) is 6.97. The summed E-state index contributed by atoms with van der Waals surface area (Å²) in [5.41, 5.74) is 2.96. The van der Waals surface area contributed by atoms with Crippen LogP contribution in [0.25, 0.3) is 10.7 Å². The highest BCUT2D eigenvalue weighted by Crippen LogP contribution is 2.22. The lowest BCUT2D eigenvalue weighted by Crippen LogP contribution is -2.30. The molecule has 0 saturated heterocycles. The first-order valence-corrected chi connectivity index (χ1v) is 8.69. The molecule has 0 aliphatic carbocycles. The van der Waals surface area contributed by atoms with E-state index in [-0.39, 0.29) is 5.91 Å². The fourth-order valence-electron chi connectivity index (χ4n) is 2.37. The highest BCUT2D eigenvalue weighted by molar-refractivity contribution is 7.13. The summed E-state index contributed by atoms with van der Waals surface area (Å²) in [7, 11) is 0. The van der Waals surface area contributed by atoms with Crippen molar-refractivity contribution in [3.63, 3.8) is 0 Å². The number of hydrogen-bond acceptors (Lipinski definition) is 5. The molecule has 6 heteroatoms. The Labute approximate surface area is 144 Å². The quantitative estimate of drug-likeness (QED) is 0.702. The van der Waals surface area contributed by atoms with Gasteiger partial charge in [-0.15, -0.1) is 11.3 Å². The number of rotatable bonds is 5. The van der Waals surface area contributed by atoms with E-state index in [1.165, 1.54) is 5.56 Å². The first-order chi connectivity index (χ1) is 11.6. The van der Waals surface area contributed by atoms with Gasteiger partial charge in [0.15, 0.2) is 0 Å². The van der Waals surface area contributed by atoms with Crippen LogP contribution in [0.2, 0.25) is 0 Å². The Morgan fingerprint density at radius 1 is 1.25 bits per heavy atom. The molecule has 0 bridgehead atoms. The van der Waals surface area contributed by atoms with Crippen LogP contribution in [0.3, 0.4) is 0 Å². The molecule has 0 unspecified atom stereocenters. The molecule has 2 heterocycles. The second-order valence-electron chi connectivity index (χ2n) is 5.61. The van der Waals surface area contributed by atoms with Crippen LogP contribution in [-0.2, 0) is 6.54 Å². The molecule has 0 aliphatic heterocycles. The van der Waals surface area contributed by atoms with Crippen LogP contribution in [0.5, 0.6) is 0 Å². The molecule has 0 spiro atoms. The van der Waals surface area contributed by atoms with Gasteiger partial charge in [0.1, 0.15) is 6.54 Å². The maximum atomic E-state index is 12.7. The zero-order valence-electron chi connectivity index (χ0n) is 13.9. The van der Waals surface area contributed by atoms with Crippen LogP contribution < -0.4 is 0 Å². The molecule has 124 valence electrons. The van der Waals surface area contributed by atoms with Gasteiger partial charge in [0.25, 0.3) is 5.91 Å². The first-order valence-electron chi connectivity index (χ1n) is 7.81. The third-order valence-corrected chi connectivity index (χ3v) is 4.82. The molecule has 3 aromatic rings. The average molecular weight is 341 g/mol. The largest absolute Gasteiger partial charge is 0.337 e. The highest BCUT2D eigenvalue weighted by atomic mass is 32.1. The maximum Gasteiger partial charge on any atom is 0.254 e. The summed E-state index contributed by atoms with van der Waals surface area (Å²) in [6, 6.07) is 9.64. The van der Waals surface area contributed by atoms with Gasteiger partial charge in [0.05, 0.1) is 4.88 Å². The van der Waals surface area contributed by atoms with E-state index < -0.39 is 0 Å². The molecule has 1 amide bonds. The molecule has 0 saturated carbocycles. The van der Waals surface area contributed by atoms with Crippen molar-refractivity contribution in [1.82, 2.24) is 15.0 Å². The van der Waals surface area contributed by atoms with Crippen LogP contribution in [0.15, 0.2) is 40.2 Å². The minimum atomic E-state index is -0.0310. The fourth-order valence-corrected chi connectivity index (χ4v) is 3.02. The van der Waals surface area contributed by atoms with Crippen LogP contribution in [0.4, 0.5) is 0 Å². The van der Waals surface area contributed by atoms with E-state index in [1.54, 1.807) is 16.2 Å². The smallest absolute Gasteiger partial charge is 0.254 e. The molecular formula is C18H19N3O2S. The van der Waals surface area contributed by atoms with Crippen LogP contribution in [0.1, 0.15) is 34.3 Å². The number of thiophene rings is 1. The van der Waals surface area contributed by atoms with Gasteiger partial charge in [-0.2, -0.15) is 4.98 Å². The topological polar surface area (TPSA) is 59.2 Å². The lowest BCUT2D eigenvalue weighted by molar-refractivity contribution is 0.0734. The second-order valence-corrected chi connectivity index (χ2v) is 6.56. The van der Waals surface area contributed by atoms with Gasteiger partial charge in [0, 0.05) is 12.1 Å². The van der Waals surface area contributed by atoms with Crippen molar-refractivity contribution in [2.45, 2.75) is 27.3 Å². The van der Waals surface area contributed by atoms with Gasteiger partial charge in [-0.1, -0.05) is 17.3 Å². The van der Waals surface area contributed by atoms with Crippen molar-refractivity contribution in [3.8, 4) is 10.7 Å². The number of amides is 1. The van der Waals surface area contributed by atoms with E-state index in [9.17, 15) is 4.79 Å². The lowest BCUT2D eigenvalue weighted by atomic mass is 10.1. The molecule has 0 radical (unpaired) electrons. The van der Waals surface area contributed by atoms with Crippen LogP contribution >= 0.6 is 11.3 Å². The van der Waals surface area contributed by atoms with Gasteiger partial charge in [-0.05, 0) is 55.5 Å². The molecule has 3 rings (SSSR count). The third kappa shape index (κ3) is 3.38. The standard InChI is InChI=1S/C18H19N3O2S/c1-4-21(18(22)14-8-7-12(2)13(3)10-14)11-16-19-17(20-23-16)15-6-5-9-24-15/h5-10H,4,11H2,1-3H3. The van der Waals surface area contributed by atoms with E-state index in [4.69, 9.17) is 4.52 Å². The predicted octanol–water partition coefficient (Wildman–Crippen LogP) is 4.08. The Hall–Kier alpha value is -2.47. The van der Waals surface area contributed by atoms with Crippen molar-refractivity contribution in [2.75, 3.05) is 6.54 Å². The molecule has 5 nitrogen and oxygen atoms in total. The van der Waals surface area contributed by atoms with Crippen molar-refractivity contribution in [3.05, 3.63) is 58.3 Å². The summed E-state index contributed by atoms with van der Waals surface area (Å²) in [6.07, 6.45) is 0. The summed E-state index contributed by atoms with van der Waals surface area (Å²) in [4.78, 5) is 19.8. The number of carbonyl (C=O) groups excluding carboxylic acids is 1. The molecule has 2 aromatic heterocycles. The third-order valence-electron chi connectivity index (χ3n) is 3.96. The van der Waals surface area contributed by atoms with E-state index in [0.717, 1.165) is 10.4 Å². The fraction of sp³-hybridized carbons (Fsp3) is 0.278. The predicted molar refractivity (Wildman–Crippen MR) is 93.9 cm³/mol. The monoisotopic (exact) mass is 341 g/mol. The average Bonchev–Trinajstić information content (AvgIpc) is 3.25. The number of carbonyl (C=O) groups is 1. The summed E-state index contributed by atoms with van der Waals surface area (Å²) in [5, 5.41) is 5.96. The van der Waals surface area contributed by atoms with Crippen molar-refractivity contribution >= 4 is 17.2 Å². The van der Waals surface area contributed by atoms with Crippen molar-refractivity contribution in [1.29, 1.82) is 0 Å². The molecule has 0 atom stereocenters. The number of aromatic nitrogens is 2. The molecular weight excluding hydrogens is 322 g/mol. The van der Waals surface area contributed by atoms with Gasteiger partial charge in [-0.3, -0.25) is 4.79 Å². The van der Waals surface area contributed by atoms with Gasteiger partial charge < -0.3 is 9.42 Å². The van der Waals surface area contributed by atoms with E-state index in [2.05, 4.69) is 10.1 Å². The van der Waals surface area contributed by atoms with Gasteiger partial charge >= 0.3 is 0 Å². The Balaban J connectivity index is 1.76. The number of aryl methyl sites for hydroxylation is 2. The van der Waals surface area contributed by atoms with Crippen molar-refractivity contribution < 1.29 is 9.32 Å². The molecule has 0 N–H and O–H groups in total. The number of nitrogens with zero attached hydrogens (tertiary/aromatic N) is 3. The summed E-state index contributed by atoms with van der Waals surface area (Å²) in [6.45, 7) is 6.86. The maximum absolute atomic E-state index is 12.7. The minimum absolute atomic E-state index is 0.0310. The molecule has 0 fully saturated rings. The number of hydrogen-bond donors (Lipinski definition) is 0. The zero-order valence-corrected chi connectivity index (χ0v) is 14.8. The highest BCUT2D eigenvalue weighted by Gasteiger charge is 2.18. The zero-order chi connectivity index (χ0) is 17.1. The molecule has 24 heavy (non-hydrogen) atoms. The minimum Gasteiger partial charge on any atom is -0.337 e. The summed E-state index contributed by atoms with van der Waals surface area (Å²) in [5.74, 6) is 0.976. The van der Waals surface area contributed by atoms with Crippen LogP contribution in [0, 0.1) is 13.8 Å². The van der Waals surface area contributed by atoms with Gasteiger partial charge in [0.2, 0.25) is 11.7 Å². The van der Waals surface area contributed by atoms with E-state index in [1.807, 2.05) is 56.5 Å². The van der Waals surface area contributed by atoms with Gasteiger partial charge in [-0.25, -0.2) is 0 Å². The first kappa shape index (κ1) is 16.4. The Morgan fingerprint density at radius 2 is 2.08 bits per heavy atom. The normalized spacial score (nSPS) is 10.8. The molecule has 0 aliphatic rings. The summed E-state index contributed by atoms with van der Waals surface area (Å²) >= 11 is 1.55. The SMILES string of the molecule is CCN(Cc1nc(-c2cccs2)no1)C(=O)c1ccc(C)c(C)c1. The Morgan fingerprint density at radius 3 is 2.75 bits per heavy atom.